The van der Waals surface area contributed by atoms with Crippen molar-refractivity contribution in [2.24, 2.45) is 7.05 Å². The van der Waals surface area contributed by atoms with E-state index in [1.165, 1.54) is 12.0 Å². The third-order valence-corrected chi connectivity index (χ3v) is 5.56. The predicted octanol–water partition coefficient (Wildman–Crippen LogP) is 4.21. The Morgan fingerprint density at radius 1 is 1.21 bits per heavy atom. The van der Waals surface area contributed by atoms with Crippen molar-refractivity contribution in [1.82, 2.24) is 9.47 Å². The van der Waals surface area contributed by atoms with Gasteiger partial charge in [-0.3, -0.25) is 9.59 Å². The minimum absolute atomic E-state index is 0.223. The molecule has 0 aliphatic carbocycles. The summed E-state index contributed by atoms with van der Waals surface area (Å²) in [7, 11) is 3.02. The quantitative estimate of drug-likeness (QED) is 0.499. The first-order valence-electron chi connectivity index (χ1n) is 9.51. The van der Waals surface area contributed by atoms with Crippen LogP contribution < -0.4 is 0 Å². The molecule has 0 fully saturated rings. The van der Waals surface area contributed by atoms with Crippen molar-refractivity contribution in [3.8, 4) is 0 Å². The first-order chi connectivity index (χ1) is 13.7. The lowest BCUT2D eigenvalue weighted by atomic mass is 9.99. The van der Waals surface area contributed by atoms with Crippen LogP contribution in [0.2, 0.25) is 5.02 Å². The van der Waals surface area contributed by atoms with Gasteiger partial charge < -0.3 is 14.2 Å². The zero-order valence-corrected chi connectivity index (χ0v) is 18.5. The van der Waals surface area contributed by atoms with Crippen LogP contribution in [0.15, 0.2) is 24.3 Å². The van der Waals surface area contributed by atoms with Crippen LogP contribution in [0.1, 0.15) is 62.7 Å². The van der Waals surface area contributed by atoms with Crippen LogP contribution in [0.3, 0.4) is 0 Å². The number of Topliss-reactive ketones (excluding diaryl/α,β-unsaturated/α-hetero) is 1. The number of hydrogen-bond donors (Lipinski definition) is 0. The molecule has 0 bridgehead atoms. The third kappa shape index (κ3) is 4.22. The Morgan fingerprint density at radius 2 is 1.83 bits per heavy atom. The molecule has 1 amide bonds. The Labute approximate surface area is 176 Å². The lowest BCUT2D eigenvalue weighted by molar-refractivity contribution is 0.0588. The lowest BCUT2D eigenvalue weighted by Crippen LogP contribution is -2.44. The summed E-state index contributed by atoms with van der Waals surface area (Å²) in [6, 6.07) is 6.08. The number of aromatic nitrogens is 1. The van der Waals surface area contributed by atoms with Gasteiger partial charge in [-0.15, -0.1) is 0 Å². The van der Waals surface area contributed by atoms with Gasteiger partial charge in [-0.25, -0.2) is 4.79 Å². The second kappa shape index (κ2) is 9.27. The van der Waals surface area contributed by atoms with E-state index in [0.29, 0.717) is 46.1 Å². The van der Waals surface area contributed by atoms with Crippen LogP contribution >= 0.6 is 11.6 Å². The van der Waals surface area contributed by atoms with Crippen molar-refractivity contribution in [3.63, 3.8) is 0 Å². The van der Waals surface area contributed by atoms with Gasteiger partial charge in [0.1, 0.15) is 5.69 Å². The standard InChI is InChI=1S/C22H27ClN2O4/c1-7-12-25(21(27)16-10-8-9-11-17(16)23)15(4)20(26)18-13(2)19(22(28)29-6)24(5)14(18)3/h8-11,15H,7,12H2,1-6H3/t15-/m1/s1. The number of halogens is 1. The third-order valence-electron chi connectivity index (χ3n) is 5.23. The van der Waals surface area contributed by atoms with Crippen molar-refractivity contribution < 1.29 is 19.1 Å². The van der Waals surface area contributed by atoms with Crippen LogP contribution in [0, 0.1) is 13.8 Å². The number of rotatable bonds is 7. The molecule has 0 N–H and O–H groups in total. The Morgan fingerprint density at radius 3 is 2.38 bits per heavy atom. The highest BCUT2D eigenvalue weighted by Crippen LogP contribution is 2.26. The second-order valence-electron chi connectivity index (χ2n) is 7.00. The van der Waals surface area contributed by atoms with E-state index in [0.717, 1.165) is 0 Å². The summed E-state index contributed by atoms with van der Waals surface area (Å²) in [5.74, 6) is -1.02. The number of methoxy groups -OCH3 is 1. The number of benzene rings is 1. The normalized spacial score (nSPS) is 11.8. The van der Waals surface area contributed by atoms with Crippen molar-refractivity contribution >= 4 is 29.3 Å². The number of carbonyl (C=O) groups is 3. The van der Waals surface area contributed by atoms with Gasteiger partial charge in [-0.05, 0) is 44.9 Å². The highest BCUT2D eigenvalue weighted by Gasteiger charge is 2.32. The van der Waals surface area contributed by atoms with Gasteiger partial charge in [0.25, 0.3) is 5.91 Å². The first kappa shape index (κ1) is 22.7. The molecule has 1 aromatic carbocycles. The fourth-order valence-corrected chi connectivity index (χ4v) is 3.79. The van der Waals surface area contributed by atoms with E-state index in [1.807, 2.05) is 6.92 Å². The highest BCUT2D eigenvalue weighted by atomic mass is 35.5. The van der Waals surface area contributed by atoms with Gasteiger partial charge in [-0.2, -0.15) is 0 Å². The Balaban J connectivity index is 2.47. The fraction of sp³-hybridized carbons (Fsp3) is 0.409. The molecule has 1 atom stereocenters. The molecular formula is C22H27ClN2O4. The minimum Gasteiger partial charge on any atom is -0.464 e. The lowest BCUT2D eigenvalue weighted by Gasteiger charge is -2.28. The zero-order chi connectivity index (χ0) is 21.9. The molecule has 0 spiro atoms. The van der Waals surface area contributed by atoms with Gasteiger partial charge in [0.2, 0.25) is 0 Å². The van der Waals surface area contributed by atoms with E-state index in [9.17, 15) is 14.4 Å². The monoisotopic (exact) mass is 418 g/mol. The van der Waals surface area contributed by atoms with Gasteiger partial charge in [0.05, 0.1) is 23.7 Å². The van der Waals surface area contributed by atoms with E-state index in [2.05, 4.69) is 0 Å². The number of amides is 1. The van der Waals surface area contributed by atoms with Gasteiger partial charge in [-0.1, -0.05) is 30.7 Å². The van der Waals surface area contributed by atoms with Crippen molar-refractivity contribution in [3.05, 3.63) is 57.4 Å². The summed E-state index contributed by atoms with van der Waals surface area (Å²) in [6.07, 6.45) is 0.688. The van der Waals surface area contributed by atoms with E-state index in [4.69, 9.17) is 16.3 Å². The average Bonchev–Trinajstić information content (AvgIpc) is 2.93. The number of ether oxygens (including phenoxy) is 1. The van der Waals surface area contributed by atoms with Crippen LogP contribution in [-0.2, 0) is 11.8 Å². The summed E-state index contributed by atoms with van der Waals surface area (Å²) >= 11 is 6.20. The molecule has 1 aromatic heterocycles. The fourth-order valence-electron chi connectivity index (χ4n) is 3.58. The molecule has 0 unspecified atom stereocenters. The first-order valence-corrected chi connectivity index (χ1v) is 9.88. The summed E-state index contributed by atoms with van der Waals surface area (Å²) in [4.78, 5) is 40.2. The second-order valence-corrected chi connectivity index (χ2v) is 7.41. The van der Waals surface area contributed by atoms with E-state index >= 15 is 0 Å². The molecule has 0 saturated heterocycles. The number of carbonyl (C=O) groups excluding carboxylic acids is 3. The van der Waals surface area contributed by atoms with Crippen molar-refractivity contribution in [1.29, 1.82) is 0 Å². The Bertz CT molecular complexity index is 949. The van der Waals surface area contributed by atoms with Crippen molar-refractivity contribution in [2.45, 2.75) is 40.2 Å². The SMILES string of the molecule is CCCN(C(=O)c1ccccc1Cl)[C@H](C)C(=O)c1c(C)c(C(=O)OC)n(C)c1C. The number of nitrogens with zero attached hydrogens (tertiary/aromatic N) is 2. The van der Waals surface area contributed by atoms with E-state index in [-0.39, 0.29) is 11.7 Å². The van der Waals surface area contributed by atoms with Crippen LogP contribution in [0.5, 0.6) is 0 Å². The summed E-state index contributed by atoms with van der Waals surface area (Å²) in [5, 5.41) is 0.346. The molecule has 6 nitrogen and oxygen atoms in total. The van der Waals surface area contributed by atoms with Gasteiger partial charge >= 0.3 is 5.97 Å². The molecule has 1 heterocycles. The summed E-state index contributed by atoms with van der Waals surface area (Å²) < 4.78 is 6.51. The van der Waals surface area contributed by atoms with Crippen molar-refractivity contribution in [2.75, 3.05) is 13.7 Å². The van der Waals surface area contributed by atoms with Crippen LogP contribution in [-0.4, -0.2) is 46.8 Å². The molecule has 156 valence electrons. The smallest absolute Gasteiger partial charge is 0.354 e. The zero-order valence-electron chi connectivity index (χ0n) is 17.7. The Hall–Kier alpha value is -2.60. The minimum atomic E-state index is -0.719. The number of esters is 1. The maximum atomic E-state index is 13.4. The predicted molar refractivity (Wildman–Crippen MR) is 113 cm³/mol. The maximum Gasteiger partial charge on any atom is 0.354 e. The number of hydrogen-bond acceptors (Lipinski definition) is 4. The number of ketones is 1. The summed E-state index contributed by atoms with van der Waals surface area (Å²) in [5.41, 5.74) is 2.34. The maximum absolute atomic E-state index is 13.4. The van der Waals surface area contributed by atoms with Gasteiger partial charge in [0.15, 0.2) is 5.78 Å². The molecule has 2 aromatic rings. The molecule has 2 rings (SSSR count). The topological polar surface area (TPSA) is 68.6 Å². The molecule has 0 radical (unpaired) electrons. The van der Waals surface area contributed by atoms with Crippen LogP contribution in [0.25, 0.3) is 0 Å². The van der Waals surface area contributed by atoms with Crippen LogP contribution in [0.4, 0.5) is 0 Å². The summed E-state index contributed by atoms with van der Waals surface area (Å²) in [6.45, 7) is 7.55. The molecule has 0 aliphatic rings. The van der Waals surface area contributed by atoms with Gasteiger partial charge in [0, 0.05) is 24.8 Å². The van der Waals surface area contributed by atoms with E-state index in [1.54, 1.807) is 56.7 Å². The molecule has 29 heavy (non-hydrogen) atoms. The van der Waals surface area contributed by atoms with E-state index < -0.39 is 12.0 Å². The Kier molecular flexibility index (Phi) is 7.25. The molecule has 0 aliphatic heterocycles. The highest BCUT2D eigenvalue weighted by molar-refractivity contribution is 6.33. The molecular weight excluding hydrogens is 392 g/mol. The largest absolute Gasteiger partial charge is 0.464 e. The molecule has 0 saturated carbocycles. The average molecular weight is 419 g/mol. The molecule has 7 heteroatoms.